The van der Waals surface area contributed by atoms with Gasteiger partial charge in [-0.05, 0) is 36.6 Å². The molecule has 0 aliphatic heterocycles. The number of rotatable bonds is 7. The van der Waals surface area contributed by atoms with Gasteiger partial charge in [0.15, 0.2) is 17.5 Å². The van der Waals surface area contributed by atoms with E-state index in [1.54, 1.807) is 14.2 Å². The number of nitrogens with zero attached hydrogens (tertiary/aromatic N) is 3. The van der Waals surface area contributed by atoms with Crippen LogP contribution in [0.1, 0.15) is 43.0 Å². The van der Waals surface area contributed by atoms with E-state index in [1.165, 1.54) is 25.7 Å². The molecule has 1 aromatic carbocycles. The molecular formula is C19H27N5O2. The highest BCUT2D eigenvalue weighted by molar-refractivity contribution is 5.77. The van der Waals surface area contributed by atoms with Gasteiger partial charge in [0.05, 0.1) is 39.0 Å². The number of aliphatic imine (C=N–C) groups is 1. The minimum atomic E-state index is 0.398. The third-order valence-corrected chi connectivity index (χ3v) is 4.69. The van der Waals surface area contributed by atoms with Crippen LogP contribution in [0, 0.1) is 0 Å². The van der Waals surface area contributed by atoms with E-state index in [0.717, 1.165) is 11.3 Å². The lowest BCUT2D eigenvalue weighted by molar-refractivity contribution is 0.354. The van der Waals surface area contributed by atoms with E-state index in [9.17, 15) is 0 Å². The Bertz CT molecular complexity index is 750. The zero-order chi connectivity index (χ0) is 18.4. The molecule has 7 heteroatoms. The molecule has 0 spiro atoms. The van der Waals surface area contributed by atoms with Crippen molar-refractivity contribution in [2.45, 2.75) is 44.8 Å². The molecule has 26 heavy (non-hydrogen) atoms. The number of benzene rings is 1. The monoisotopic (exact) mass is 357 g/mol. The zero-order valence-corrected chi connectivity index (χ0v) is 15.4. The van der Waals surface area contributed by atoms with Crippen molar-refractivity contribution in [1.29, 1.82) is 0 Å². The van der Waals surface area contributed by atoms with E-state index in [1.807, 2.05) is 24.3 Å². The van der Waals surface area contributed by atoms with Gasteiger partial charge in [-0.15, -0.1) is 0 Å². The lowest BCUT2D eigenvalue weighted by Crippen LogP contribution is -2.31. The summed E-state index contributed by atoms with van der Waals surface area (Å²) in [5, 5.41) is 7.76. The van der Waals surface area contributed by atoms with Crippen LogP contribution in [0.2, 0.25) is 0 Å². The van der Waals surface area contributed by atoms with Gasteiger partial charge in [-0.25, -0.2) is 4.99 Å². The molecule has 2 aromatic rings. The van der Waals surface area contributed by atoms with Crippen LogP contribution in [0.4, 0.5) is 0 Å². The van der Waals surface area contributed by atoms with E-state index < -0.39 is 0 Å². The maximum atomic E-state index is 5.97. The average Bonchev–Trinajstić information content (AvgIpc) is 3.35. The number of hydrogen-bond acceptors (Lipinski definition) is 4. The quantitative estimate of drug-likeness (QED) is 0.588. The number of nitrogens with one attached hydrogen (secondary N) is 1. The normalized spacial score (nSPS) is 15.2. The molecule has 0 bridgehead atoms. The molecule has 0 radical (unpaired) electrons. The number of aromatic nitrogens is 2. The maximum absolute atomic E-state index is 5.97. The van der Waals surface area contributed by atoms with Gasteiger partial charge in [0.2, 0.25) is 0 Å². The molecule has 1 aliphatic rings. The van der Waals surface area contributed by atoms with Crippen molar-refractivity contribution in [3.63, 3.8) is 0 Å². The second-order valence-electron chi connectivity index (χ2n) is 6.47. The summed E-state index contributed by atoms with van der Waals surface area (Å²) in [6.07, 6.45) is 7.11. The Morgan fingerprint density at radius 3 is 2.73 bits per heavy atom. The van der Waals surface area contributed by atoms with E-state index in [2.05, 4.69) is 26.3 Å². The Kier molecular flexibility index (Phi) is 5.99. The Morgan fingerprint density at radius 1 is 1.23 bits per heavy atom. The summed E-state index contributed by atoms with van der Waals surface area (Å²) in [4.78, 5) is 4.38. The lowest BCUT2D eigenvalue weighted by Gasteiger charge is -2.09. The predicted molar refractivity (Wildman–Crippen MR) is 101 cm³/mol. The first kappa shape index (κ1) is 18.1. The molecular weight excluding hydrogens is 330 g/mol. The molecule has 1 aliphatic carbocycles. The van der Waals surface area contributed by atoms with Crippen LogP contribution in [-0.4, -0.2) is 30.0 Å². The Balaban J connectivity index is 1.52. The molecule has 0 amide bonds. The fraction of sp³-hybridized carbons (Fsp3) is 0.474. The maximum Gasteiger partial charge on any atom is 0.189 e. The summed E-state index contributed by atoms with van der Waals surface area (Å²) < 4.78 is 12.6. The zero-order valence-electron chi connectivity index (χ0n) is 15.4. The van der Waals surface area contributed by atoms with Crippen molar-refractivity contribution < 1.29 is 9.47 Å². The first-order valence-corrected chi connectivity index (χ1v) is 8.98. The molecule has 140 valence electrons. The van der Waals surface area contributed by atoms with Gasteiger partial charge in [-0.1, -0.05) is 18.9 Å². The van der Waals surface area contributed by atoms with Crippen LogP contribution in [0.25, 0.3) is 0 Å². The van der Waals surface area contributed by atoms with Crippen LogP contribution in [0.3, 0.4) is 0 Å². The Morgan fingerprint density at radius 2 is 2.00 bits per heavy atom. The van der Waals surface area contributed by atoms with Crippen molar-refractivity contribution in [1.82, 2.24) is 15.1 Å². The molecule has 1 saturated carbocycles. The molecule has 0 unspecified atom stereocenters. The van der Waals surface area contributed by atoms with Crippen molar-refractivity contribution in [3.8, 4) is 11.5 Å². The molecule has 3 rings (SSSR count). The van der Waals surface area contributed by atoms with Crippen LogP contribution < -0.4 is 20.5 Å². The highest BCUT2D eigenvalue weighted by atomic mass is 16.5. The predicted octanol–water partition coefficient (Wildman–Crippen LogP) is 2.62. The Hall–Kier alpha value is -2.70. The van der Waals surface area contributed by atoms with Gasteiger partial charge < -0.3 is 20.5 Å². The first-order valence-electron chi connectivity index (χ1n) is 8.98. The van der Waals surface area contributed by atoms with Crippen molar-refractivity contribution in [2.24, 2.45) is 10.7 Å². The topological polar surface area (TPSA) is 86.7 Å². The summed E-state index contributed by atoms with van der Waals surface area (Å²) in [5.41, 5.74) is 7.94. The van der Waals surface area contributed by atoms with Gasteiger partial charge in [-0.2, -0.15) is 5.10 Å². The number of guanidine groups is 1. The van der Waals surface area contributed by atoms with E-state index >= 15 is 0 Å². The summed E-state index contributed by atoms with van der Waals surface area (Å²) >= 11 is 0. The van der Waals surface area contributed by atoms with Crippen LogP contribution in [0.5, 0.6) is 11.5 Å². The molecule has 1 fully saturated rings. The van der Waals surface area contributed by atoms with E-state index in [0.29, 0.717) is 36.6 Å². The van der Waals surface area contributed by atoms with Gasteiger partial charge in [0.1, 0.15) is 0 Å². The number of ether oxygens (including phenoxy) is 2. The first-order chi connectivity index (χ1) is 12.7. The summed E-state index contributed by atoms with van der Waals surface area (Å²) in [5.74, 6) is 1.78. The standard InChI is InChI=1S/C19H27N5O2/c1-25-17-8-7-14(11-18(17)26-2)12-21-19(20)22-13-15-9-10-24(23-15)16-5-3-4-6-16/h7-11,16H,3-6,12-13H2,1-2H3,(H3,20,21,22). The van der Waals surface area contributed by atoms with Gasteiger partial charge >= 0.3 is 0 Å². The molecule has 1 aromatic heterocycles. The number of methoxy groups -OCH3 is 2. The minimum Gasteiger partial charge on any atom is -0.493 e. The second-order valence-corrected chi connectivity index (χ2v) is 6.47. The summed E-state index contributed by atoms with van der Waals surface area (Å²) in [6.45, 7) is 1.04. The van der Waals surface area contributed by atoms with Crippen LogP contribution >= 0.6 is 0 Å². The third-order valence-electron chi connectivity index (χ3n) is 4.69. The summed E-state index contributed by atoms with van der Waals surface area (Å²) in [6, 6.07) is 8.30. The van der Waals surface area contributed by atoms with Crippen molar-refractivity contribution >= 4 is 5.96 Å². The lowest BCUT2D eigenvalue weighted by atomic mass is 10.2. The van der Waals surface area contributed by atoms with Gasteiger partial charge in [0, 0.05) is 6.20 Å². The van der Waals surface area contributed by atoms with Crippen LogP contribution in [-0.2, 0) is 13.1 Å². The second kappa shape index (κ2) is 8.60. The SMILES string of the molecule is COc1ccc(CN=C(N)NCc2ccn(C3CCCC3)n2)cc1OC. The fourth-order valence-electron chi connectivity index (χ4n) is 3.24. The van der Waals surface area contributed by atoms with Crippen LogP contribution in [0.15, 0.2) is 35.5 Å². The highest BCUT2D eigenvalue weighted by Crippen LogP contribution is 2.29. The molecule has 0 atom stereocenters. The number of nitrogens with two attached hydrogens (primary N) is 1. The average molecular weight is 357 g/mol. The summed E-state index contributed by atoms with van der Waals surface area (Å²) in [7, 11) is 3.23. The largest absolute Gasteiger partial charge is 0.493 e. The fourth-order valence-corrected chi connectivity index (χ4v) is 3.24. The molecule has 3 N–H and O–H groups in total. The highest BCUT2D eigenvalue weighted by Gasteiger charge is 2.17. The van der Waals surface area contributed by atoms with Gasteiger partial charge in [-0.3, -0.25) is 4.68 Å². The van der Waals surface area contributed by atoms with Crippen molar-refractivity contribution in [3.05, 3.63) is 41.7 Å². The van der Waals surface area contributed by atoms with Gasteiger partial charge in [0.25, 0.3) is 0 Å². The van der Waals surface area contributed by atoms with E-state index in [4.69, 9.17) is 15.2 Å². The number of hydrogen-bond donors (Lipinski definition) is 2. The minimum absolute atomic E-state index is 0.398. The molecule has 1 heterocycles. The Labute approximate surface area is 154 Å². The molecule has 7 nitrogen and oxygen atoms in total. The van der Waals surface area contributed by atoms with Crippen molar-refractivity contribution in [2.75, 3.05) is 14.2 Å². The van der Waals surface area contributed by atoms with E-state index in [-0.39, 0.29) is 0 Å². The molecule has 0 saturated heterocycles. The smallest absolute Gasteiger partial charge is 0.189 e. The third kappa shape index (κ3) is 4.47.